The second-order valence-corrected chi connectivity index (χ2v) is 6.40. The van der Waals surface area contributed by atoms with Crippen LogP contribution in [0.3, 0.4) is 0 Å². The van der Waals surface area contributed by atoms with Gasteiger partial charge in [-0.05, 0) is 18.4 Å². The van der Waals surface area contributed by atoms with Crippen LogP contribution in [0.1, 0.15) is 29.4 Å². The van der Waals surface area contributed by atoms with E-state index in [0.29, 0.717) is 24.5 Å². The summed E-state index contributed by atoms with van der Waals surface area (Å²) in [7, 11) is 0. The van der Waals surface area contributed by atoms with Gasteiger partial charge in [0.15, 0.2) is 5.69 Å². The van der Waals surface area contributed by atoms with Crippen molar-refractivity contribution in [2.24, 2.45) is 0 Å². The van der Waals surface area contributed by atoms with Gasteiger partial charge in [-0.15, -0.1) is 0 Å². The minimum atomic E-state index is -0.954. The number of ether oxygens (including phenoxy) is 1. The zero-order valence-corrected chi connectivity index (χ0v) is 14.3. The fourth-order valence-corrected chi connectivity index (χ4v) is 3.51. The highest BCUT2D eigenvalue weighted by atomic mass is 16.5. The smallest absolute Gasteiger partial charge is 0.354 e. The Morgan fingerprint density at radius 2 is 1.54 bits per heavy atom. The summed E-state index contributed by atoms with van der Waals surface area (Å²) >= 11 is 0. The molecule has 5 heteroatoms. The Hall–Kier alpha value is -2.92. The standard InChI is InChI=1S/C21H20N2O3/c24-21(25)20-18(15-7-3-1-4-8-15)19(16-9-5-2-6-10-16)22-23(20)17-11-13-26-14-12-17/h1-10,17H,11-14H2,(H,24,25). The predicted octanol–water partition coefficient (Wildman–Crippen LogP) is 4.27. The molecule has 1 N–H and O–H groups in total. The number of carboxylic acid groups (broad SMARTS) is 1. The second-order valence-electron chi connectivity index (χ2n) is 6.40. The number of nitrogens with zero attached hydrogens (tertiary/aromatic N) is 2. The molecule has 1 saturated heterocycles. The van der Waals surface area contributed by atoms with Gasteiger partial charge in [-0.25, -0.2) is 4.79 Å². The maximum Gasteiger partial charge on any atom is 0.354 e. The zero-order chi connectivity index (χ0) is 17.9. The predicted molar refractivity (Wildman–Crippen MR) is 99.1 cm³/mol. The lowest BCUT2D eigenvalue weighted by molar-refractivity contribution is 0.0584. The topological polar surface area (TPSA) is 64.3 Å². The minimum Gasteiger partial charge on any atom is -0.477 e. The van der Waals surface area contributed by atoms with Crippen LogP contribution in [0.5, 0.6) is 0 Å². The number of benzene rings is 2. The first-order valence-electron chi connectivity index (χ1n) is 8.80. The van der Waals surface area contributed by atoms with Crippen LogP contribution in [-0.2, 0) is 4.74 Å². The van der Waals surface area contributed by atoms with Crippen LogP contribution in [-0.4, -0.2) is 34.1 Å². The Bertz CT molecular complexity index is 898. The van der Waals surface area contributed by atoms with E-state index in [1.807, 2.05) is 60.7 Å². The third-order valence-corrected chi connectivity index (χ3v) is 4.76. The Labute approximate surface area is 151 Å². The molecule has 132 valence electrons. The van der Waals surface area contributed by atoms with Gasteiger partial charge in [-0.3, -0.25) is 4.68 Å². The number of aromatic nitrogens is 2. The van der Waals surface area contributed by atoms with E-state index in [2.05, 4.69) is 0 Å². The molecule has 2 aromatic carbocycles. The summed E-state index contributed by atoms with van der Waals surface area (Å²) in [4.78, 5) is 12.2. The Kier molecular flexibility index (Phi) is 4.54. The molecule has 0 saturated carbocycles. The second kappa shape index (κ2) is 7.14. The van der Waals surface area contributed by atoms with Crippen LogP contribution < -0.4 is 0 Å². The van der Waals surface area contributed by atoms with E-state index in [0.717, 1.165) is 24.0 Å². The van der Waals surface area contributed by atoms with Crippen LogP contribution in [0.2, 0.25) is 0 Å². The summed E-state index contributed by atoms with van der Waals surface area (Å²) in [6.45, 7) is 1.26. The van der Waals surface area contributed by atoms with Gasteiger partial charge in [0.1, 0.15) is 5.69 Å². The Morgan fingerprint density at radius 1 is 0.962 bits per heavy atom. The van der Waals surface area contributed by atoms with Gasteiger partial charge in [0.2, 0.25) is 0 Å². The fourth-order valence-electron chi connectivity index (χ4n) is 3.51. The third-order valence-electron chi connectivity index (χ3n) is 4.76. The van der Waals surface area contributed by atoms with E-state index in [1.165, 1.54) is 0 Å². The summed E-state index contributed by atoms with van der Waals surface area (Å²) in [6.07, 6.45) is 1.54. The van der Waals surface area contributed by atoms with Crippen molar-refractivity contribution in [3.8, 4) is 22.4 Å². The van der Waals surface area contributed by atoms with E-state index >= 15 is 0 Å². The summed E-state index contributed by atoms with van der Waals surface area (Å²) in [6, 6.07) is 19.4. The molecule has 0 amide bonds. The number of aromatic carboxylic acids is 1. The van der Waals surface area contributed by atoms with Crippen molar-refractivity contribution in [1.82, 2.24) is 9.78 Å². The van der Waals surface area contributed by atoms with Crippen LogP contribution in [0.15, 0.2) is 60.7 Å². The first-order valence-corrected chi connectivity index (χ1v) is 8.80. The zero-order valence-electron chi connectivity index (χ0n) is 14.3. The average Bonchev–Trinajstić information content (AvgIpc) is 3.11. The van der Waals surface area contributed by atoms with E-state index in [4.69, 9.17) is 9.84 Å². The van der Waals surface area contributed by atoms with Crippen LogP contribution in [0.25, 0.3) is 22.4 Å². The first-order chi connectivity index (χ1) is 12.8. The number of carboxylic acids is 1. The van der Waals surface area contributed by atoms with E-state index in [1.54, 1.807) is 4.68 Å². The third kappa shape index (κ3) is 3.02. The molecular formula is C21H20N2O3. The molecule has 0 bridgehead atoms. The summed E-state index contributed by atoms with van der Waals surface area (Å²) in [5.41, 5.74) is 3.42. The molecule has 0 atom stereocenters. The van der Waals surface area contributed by atoms with Gasteiger partial charge >= 0.3 is 5.97 Å². The normalized spacial score (nSPS) is 15.1. The van der Waals surface area contributed by atoms with Crippen LogP contribution in [0, 0.1) is 0 Å². The van der Waals surface area contributed by atoms with Crippen LogP contribution >= 0.6 is 0 Å². The first kappa shape index (κ1) is 16.5. The molecule has 1 aliphatic heterocycles. The van der Waals surface area contributed by atoms with Crippen molar-refractivity contribution in [3.63, 3.8) is 0 Å². The minimum absolute atomic E-state index is 0.0368. The molecule has 26 heavy (non-hydrogen) atoms. The highest BCUT2D eigenvalue weighted by molar-refractivity contribution is 5.99. The van der Waals surface area contributed by atoms with E-state index in [9.17, 15) is 9.90 Å². The lowest BCUT2D eigenvalue weighted by atomic mass is 9.98. The summed E-state index contributed by atoms with van der Waals surface area (Å²) in [5.74, 6) is -0.954. The molecule has 4 rings (SSSR count). The molecule has 1 aliphatic rings. The lowest BCUT2D eigenvalue weighted by Crippen LogP contribution is -2.23. The average molecular weight is 348 g/mol. The van der Waals surface area contributed by atoms with Crippen molar-refractivity contribution in [2.45, 2.75) is 18.9 Å². The van der Waals surface area contributed by atoms with Crippen molar-refractivity contribution >= 4 is 5.97 Å². The van der Waals surface area contributed by atoms with E-state index in [-0.39, 0.29) is 11.7 Å². The Balaban J connectivity index is 1.96. The largest absolute Gasteiger partial charge is 0.477 e. The monoisotopic (exact) mass is 348 g/mol. The molecule has 1 aromatic heterocycles. The molecule has 0 unspecified atom stereocenters. The molecule has 0 spiro atoms. The summed E-state index contributed by atoms with van der Waals surface area (Å²) in [5, 5.41) is 14.8. The molecule has 2 heterocycles. The summed E-state index contributed by atoms with van der Waals surface area (Å²) < 4.78 is 7.14. The molecule has 0 radical (unpaired) electrons. The van der Waals surface area contributed by atoms with Gasteiger partial charge in [-0.2, -0.15) is 5.10 Å². The van der Waals surface area contributed by atoms with Crippen molar-refractivity contribution in [2.75, 3.05) is 13.2 Å². The highest BCUT2D eigenvalue weighted by Crippen LogP contribution is 2.37. The Morgan fingerprint density at radius 3 is 2.12 bits per heavy atom. The molecule has 0 aliphatic carbocycles. The molecule has 3 aromatic rings. The van der Waals surface area contributed by atoms with Crippen molar-refractivity contribution < 1.29 is 14.6 Å². The number of carbonyl (C=O) groups is 1. The highest BCUT2D eigenvalue weighted by Gasteiger charge is 2.29. The molecule has 1 fully saturated rings. The van der Waals surface area contributed by atoms with Crippen molar-refractivity contribution in [3.05, 3.63) is 66.4 Å². The SMILES string of the molecule is O=C(O)c1c(-c2ccccc2)c(-c2ccccc2)nn1C1CCOCC1. The maximum atomic E-state index is 12.2. The number of hydrogen-bond donors (Lipinski definition) is 1. The van der Waals surface area contributed by atoms with Gasteiger partial charge in [-0.1, -0.05) is 60.7 Å². The van der Waals surface area contributed by atoms with Crippen LogP contribution in [0.4, 0.5) is 0 Å². The number of rotatable bonds is 4. The molecule has 5 nitrogen and oxygen atoms in total. The number of hydrogen-bond acceptors (Lipinski definition) is 3. The van der Waals surface area contributed by atoms with Crippen molar-refractivity contribution in [1.29, 1.82) is 0 Å². The lowest BCUT2D eigenvalue weighted by Gasteiger charge is -2.23. The van der Waals surface area contributed by atoms with Gasteiger partial charge in [0, 0.05) is 24.3 Å². The molecular weight excluding hydrogens is 328 g/mol. The van der Waals surface area contributed by atoms with Gasteiger partial charge in [0.25, 0.3) is 0 Å². The van der Waals surface area contributed by atoms with Gasteiger partial charge in [0.05, 0.1) is 6.04 Å². The maximum absolute atomic E-state index is 12.2. The van der Waals surface area contributed by atoms with Gasteiger partial charge < -0.3 is 9.84 Å². The quantitative estimate of drug-likeness (QED) is 0.765. The fraction of sp³-hybridized carbons (Fsp3) is 0.238. The van der Waals surface area contributed by atoms with E-state index < -0.39 is 5.97 Å².